The van der Waals surface area contributed by atoms with Crippen molar-refractivity contribution in [2.75, 3.05) is 6.54 Å². The minimum Gasteiger partial charge on any atom is -0.405 e. The van der Waals surface area contributed by atoms with E-state index >= 15 is 0 Å². The molecule has 1 aromatic rings. The standard InChI is InChI=1S/C10H10F3NO/c11-10(12,13)15-9-6-2-1-4-8(9)5-3-7-14/h1-6H,7,14H2. The molecular weight excluding hydrogens is 207 g/mol. The molecule has 82 valence electrons. The summed E-state index contributed by atoms with van der Waals surface area (Å²) < 4.78 is 39.8. The van der Waals surface area contributed by atoms with Gasteiger partial charge < -0.3 is 10.5 Å². The molecule has 0 aliphatic carbocycles. The quantitative estimate of drug-likeness (QED) is 0.844. The van der Waals surface area contributed by atoms with Crippen molar-refractivity contribution in [3.05, 3.63) is 35.9 Å². The van der Waals surface area contributed by atoms with Gasteiger partial charge in [0.1, 0.15) is 5.75 Å². The molecule has 0 radical (unpaired) electrons. The van der Waals surface area contributed by atoms with E-state index in [9.17, 15) is 13.2 Å². The fourth-order valence-corrected chi connectivity index (χ4v) is 1.03. The number of rotatable bonds is 3. The third-order valence-corrected chi connectivity index (χ3v) is 1.58. The average molecular weight is 217 g/mol. The van der Waals surface area contributed by atoms with Gasteiger partial charge in [0.05, 0.1) is 0 Å². The Morgan fingerprint density at radius 1 is 1.27 bits per heavy atom. The summed E-state index contributed by atoms with van der Waals surface area (Å²) >= 11 is 0. The number of alkyl halides is 3. The highest BCUT2D eigenvalue weighted by Crippen LogP contribution is 2.26. The average Bonchev–Trinajstić information content (AvgIpc) is 2.14. The van der Waals surface area contributed by atoms with E-state index in [0.717, 1.165) is 0 Å². The highest BCUT2D eigenvalue weighted by Gasteiger charge is 2.31. The van der Waals surface area contributed by atoms with Crippen LogP contribution in [0.2, 0.25) is 0 Å². The summed E-state index contributed by atoms with van der Waals surface area (Å²) in [4.78, 5) is 0. The summed E-state index contributed by atoms with van der Waals surface area (Å²) in [5.41, 5.74) is 5.55. The van der Waals surface area contributed by atoms with E-state index in [1.807, 2.05) is 0 Å². The highest BCUT2D eigenvalue weighted by molar-refractivity contribution is 5.57. The van der Waals surface area contributed by atoms with Crippen molar-refractivity contribution < 1.29 is 17.9 Å². The number of nitrogens with two attached hydrogens (primary N) is 1. The van der Waals surface area contributed by atoms with Crippen LogP contribution in [0.5, 0.6) is 5.75 Å². The molecule has 15 heavy (non-hydrogen) atoms. The SMILES string of the molecule is NCC=Cc1ccccc1OC(F)(F)F. The minimum atomic E-state index is -4.67. The third kappa shape index (κ3) is 4.03. The fourth-order valence-electron chi connectivity index (χ4n) is 1.03. The van der Waals surface area contributed by atoms with E-state index in [-0.39, 0.29) is 12.3 Å². The molecule has 2 N–H and O–H groups in total. The molecule has 0 aromatic heterocycles. The van der Waals surface area contributed by atoms with Gasteiger partial charge in [-0.15, -0.1) is 13.2 Å². The number of hydrogen-bond acceptors (Lipinski definition) is 2. The van der Waals surface area contributed by atoms with Crippen LogP contribution in [0.3, 0.4) is 0 Å². The van der Waals surface area contributed by atoms with Crippen LogP contribution in [0.4, 0.5) is 13.2 Å². The second-order valence-corrected chi connectivity index (χ2v) is 2.72. The van der Waals surface area contributed by atoms with E-state index in [4.69, 9.17) is 5.73 Å². The predicted molar refractivity (Wildman–Crippen MR) is 51.2 cm³/mol. The number of benzene rings is 1. The molecule has 1 rings (SSSR count). The molecular formula is C10H10F3NO. The van der Waals surface area contributed by atoms with Crippen LogP contribution in [0, 0.1) is 0 Å². The molecule has 2 nitrogen and oxygen atoms in total. The molecule has 0 saturated carbocycles. The van der Waals surface area contributed by atoms with Crippen molar-refractivity contribution in [3.8, 4) is 5.75 Å². The molecule has 5 heteroatoms. The zero-order valence-corrected chi connectivity index (χ0v) is 7.79. The lowest BCUT2D eigenvalue weighted by molar-refractivity contribution is -0.274. The lowest BCUT2D eigenvalue weighted by Crippen LogP contribution is -2.17. The first-order valence-corrected chi connectivity index (χ1v) is 4.24. The third-order valence-electron chi connectivity index (χ3n) is 1.58. The van der Waals surface area contributed by atoms with Gasteiger partial charge in [-0.05, 0) is 6.07 Å². The van der Waals surface area contributed by atoms with Gasteiger partial charge in [0.2, 0.25) is 0 Å². The Labute approximate surface area is 85.2 Å². The largest absolute Gasteiger partial charge is 0.573 e. The lowest BCUT2D eigenvalue weighted by Gasteiger charge is -2.10. The van der Waals surface area contributed by atoms with Crippen LogP contribution in [0.1, 0.15) is 5.56 Å². The maximum atomic E-state index is 12.0. The van der Waals surface area contributed by atoms with Crippen molar-refractivity contribution in [3.63, 3.8) is 0 Å². The van der Waals surface area contributed by atoms with Gasteiger partial charge in [0.25, 0.3) is 0 Å². The van der Waals surface area contributed by atoms with Crippen LogP contribution < -0.4 is 10.5 Å². The van der Waals surface area contributed by atoms with Gasteiger partial charge in [0, 0.05) is 12.1 Å². The van der Waals surface area contributed by atoms with Crippen molar-refractivity contribution in [1.82, 2.24) is 0 Å². The Morgan fingerprint density at radius 3 is 2.53 bits per heavy atom. The van der Waals surface area contributed by atoms with E-state index in [0.29, 0.717) is 5.56 Å². The molecule has 0 aliphatic heterocycles. The van der Waals surface area contributed by atoms with Crippen molar-refractivity contribution in [2.45, 2.75) is 6.36 Å². The molecule has 0 unspecified atom stereocenters. The number of ether oxygens (including phenoxy) is 1. The van der Waals surface area contributed by atoms with Crippen molar-refractivity contribution in [2.24, 2.45) is 5.73 Å². The Morgan fingerprint density at radius 2 is 1.93 bits per heavy atom. The van der Waals surface area contributed by atoms with E-state index in [1.165, 1.54) is 24.3 Å². The summed E-state index contributed by atoms with van der Waals surface area (Å²) in [6.45, 7) is 0.264. The summed E-state index contributed by atoms with van der Waals surface area (Å²) in [6, 6.07) is 5.87. The Bertz CT molecular complexity index is 347. The summed E-state index contributed by atoms with van der Waals surface area (Å²) in [6.07, 6.45) is -1.63. The van der Waals surface area contributed by atoms with Gasteiger partial charge in [-0.25, -0.2) is 0 Å². The van der Waals surface area contributed by atoms with Crippen LogP contribution >= 0.6 is 0 Å². The first-order valence-electron chi connectivity index (χ1n) is 4.24. The topological polar surface area (TPSA) is 35.2 Å². The van der Waals surface area contributed by atoms with E-state index in [2.05, 4.69) is 4.74 Å². The van der Waals surface area contributed by atoms with Crippen molar-refractivity contribution >= 4 is 6.08 Å². The van der Waals surface area contributed by atoms with Crippen molar-refractivity contribution in [1.29, 1.82) is 0 Å². The monoisotopic (exact) mass is 217 g/mol. The van der Waals surface area contributed by atoms with Gasteiger partial charge >= 0.3 is 6.36 Å². The molecule has 0 amide bonds. The number of halogens is 3. The van der Waals surface area contributed by atoms with E-state index in [1.54, 1.807) is 12.1 Å². The van der Waals surface area contributed by atoms with Gasteiger partial charge in [0.15, 0.2) is 0 Å². The first kappa shape index (κ1) is 11.6. The maximum absolute atomic E-state index is 12.0. The highest BCUT2D eigenvalue weighted by atomic mass is 19.4. The lowest BCUT2D eigenvalue weighted by atomic mass is 10.2. The second kappa shape index (κ2) is 4.84. The molecule has 0 spiro atoms. The second-order valence-electron chi connectivity index (χ2n) is 2.72. The molecule has 0 saturated heterocycles. The fraction of sp³-hybridized carbons (Fsp3) is 0.200. The maximum Gasteiger partial charge on any atom is 0.573 e. The first-order chi connectivity index (χ1) is 7.03. The van der Waals surface area contributed by atoms with Gasteiger partial charge in [-0.3, -0.25) is 0 Å². The summed E-state index contributed by atoms with van der Waals surface area (Å²) in [7, 11) is 0. The molecule has 0 aliphatic rings. The zero-order chi connectivity index (χ0) is 11.3. The molecule has 0 bridgehead atoms. The van der Waals surface area contributed by atoms with Gasteiger partial charge in [-0.2, -0.15) is 0 Å². The molecule has 0 fully saturated rings. The van der Waals surface area contributed by atoms with Crippen LogP contribution in [0.15, 0.2) is 30.3 Å². The molecule has 0 heterocycles. The number of para-hydroxylation sites is 1. The van der Waals surface area contributed by atoms with Crippen LogP contribution in [-0.2, 0) is 0 Å². The predicted octanol–water partition coefficient (Wildman–Crippen LogP) is 2.56. The molecule has 1 aromatic carbocycles. The minimum absolute atomic E-state index is 0.227. The zero-order valence-electron chi connectivity index (χ0n) is 7.79. The Hall–Kier alpha value is -1.49. The van der Waals surface area contributed by atoms with Crippen LogP contribution in [-0.4, -0.2) is 12.9 Å². The summed E-state index contributed by atoms with van der Waals surface area (Å²) in [5.74, 6) is -0.227. The van der Waals surface area contributed by atoms with Crippen LogP contribution in [0.25, 0.3) is 6.08 Å². The van der Waals surface area contributed by atoms with Gasteiger partial charge in [-0.1, -0.05) is 30.4 Å². The number of hydrogen-bond donors (Lipinski definition) is 1. The smallest absolute Gasteiger partial charge is 0.405 e. The molecule has 0 atom stereocenters. The Kier molecular flexibility index (Phi) is 3.74. The Balaban J connectivity index is 2.91. The normalized spacial score (nSPS) is 12.0. The van der Waals surface area contributed by atoms with E-state index < -0.39 is 6.36 Å². The summed E-state index contributed by atoms with van der Waals surface area (Å²) in [5, 5.41) is 0.